The number of piperazine rings is 1. The fourth-order valence-electron chi connectivity index (χ4n) is 2.02. The molecule has 1 aromatic heterocycles. The molecule has 2 nitrogen and oxygen atoms in total. The Bertz CT molecular complexity index is 308. The average molecular weight is 224 g/mol. The first-order valence-electron chi connectivity index (χ1n) is 5.82. The van der Waals surface area contributed by atoms with Gasteiger partial charge in [0.1, 0.15) is 0 Å². The molecule has 0 bridgehead atoms. The van der Waals surface area contributed by atoms with E-state index in [4.69, 9.17) is 0 Å². The molecular formula is C12H20N2S. The lowest BCUT2D eigenvalue weighted by atomic mass is 10.2. The number of rotatable bonds is 3. The zero-order valence-electron chi connectivity index (χ0n) is 9.62. The monoisotopic (exact) mass is 224 g/mol. The average Bonchev–Trinajstić information content (AvgIpc) is 2.69. The molecule has 0 saturated carbocycles. The van der Waals surface area contributed by atoms with Crippen LogP contribution in [0.3, 0.4) is 0 Å². The molecule has 1 aliphatic rings. The van der Waals surface area contributed by atoms with E-state index in [1.54, 1.807) is 0 Å². The fraction of sp³-hybridized carbons (Fsp3) is 0.667. The molecule has 0 radical (unpaired) electrons. The van der Waals surface area contributed by atoms with E-state index >= 15 is 0 Å². The zero-order valence-corrected chi connectivity index (χ0v) is 10.4. The van der Waals surface area contributed by atoms with Crippen LogP contribution in [0, 0.1) is 0 Å². The third kappa shape index (κ3) is 2.80. The molecule has 1 unspecified atom stereocenters. The number of thiophene rings is 1. The summed E-state index contributed by atoms with van der Waals surface area (Å²) in [6.07, 6.45) is 1.17. The zero-order chi connectivity index (χ0) is 10.7. The Hall–Kier alpha value is -0.380. The van der Waals surface area contributed by atoms with Crippen LogP contribution in [0.2, 0.25) is 0 Å². The molecule has 0 spiro atoms. The summed E-state index contributed by atoms with van der Waals surface area (Å²) in [6.45, 7) is 9.11. The summed E-state index contributed by atoms with van der Waals surface area (Å²) in [6, 6.07) is 5.23. The van der Waals surface area contributed by atoms with Crippen molar-refractivity contribution < 1.29 is 0 Å². The molecule has 1 N–H and O–H groups in total. The van der Waals surface area contributed by atoms with E-state index in [1.165, 1.54) is 22.7 Å². The van der Waals surface area contributed by atoms with Crippen LogP contribution in [0.15, 0.2) is 12.1 Å². The fourth-order valence-corrected chi connectivity index (χ4v) is 3.00. The van der Waals surface area contributed by atoms with E-state index in [-0.39, 0.29) is 0 Å². The van der Waals surface area contributed by atoms with Crippen molar-refractivity contribution in [2.24, 2.45) is 0 Å². The summed E-state index contributed by atoms with van der Waals surface area (Å²) in [7, 11) is 0. The Morgan fingerprint density at radius 3 is 2.93 bits per heavy atom. The third-order valence-corrected chi connectivity index (χ3v) is 4.28. The second-order valence-electron chi connectivity index (χ2n) is 4.25. The van der Waals surface area contributed by atoms with Gasteiger partial charge in [0, 0.05) is 42.0 Å². The van der Waals surface area contributed by atoms with Gasteiger partial charge in [0.05, 0.1) is 0 Å². The lowest BCUT2D eigenvalue weighted by Gasteiger charge is -2.33. The highest BCUT2D eigenvalue weighted by Gasteiger charge is 2.18. The summed E-state index contributed by atoms with van der Waals surface area (Å²) in [5, 5.41) is 3.43. The number of hydrogen-bond acceptors (Lipinski definition) is 3. The van der Waals surface area contributed by atoms with Gasteiger partial charge in [0.2, 0.25) is 0 Å². The van der Waals surface area contributed by atoms with Crippen molar-refractivity contribution in [2.75, 3.05) is 19.6 Å². The number of nitrogens with zero attached hydrogens (tertiary/aromatic N) is 1. The van der Waals surface area contributed by atoms with Crippen molar-refractivity contribution in [3.63, 3.8) is 0 Å². The maximum absolute atomic E-state index is 3.43. The van der Waals surface area contributed by atoms with Gasteiger partial charge in [-0.25, -0.2) is 0 Å². The standard InChI is InChI=1S/C12H20N2S/c1-3-11-4-5-12(15-11)9-14-7-6-13-8-10(14)2/h4-5,10,13H,3,6-9H2,1-2H3. The van der Waals surface area contributed by atoms with Crippen LogP contribution in [0.4, 0.5) is 0 Å². The Labute approximate surface area is 96.3 Å². The second-order valence-corrected chi connectivity index (χ2v) is 5.50. The molecule has 3 heteroatoms. The smallest absolute Gasteiger partial charge is 0.0331 e. The first kappa shape index (κ1) is 11.1. The molecular weight excluding hydrogens is 204 g/mol. The molecule has 2 heterocycles. The van der Waals surface area contributed by atoms with Gasteiger partial charge in [-0.05, 0) is 25.5 Å². The summed E-state index contributed by atoms with van der Waals surface area (Å²) >= 11 is 1.97. The van der Waals surface area contributed by atoms with Crippen molar-refractivity contribution in [3.8, 4) is 0 Å². The predicted molar refractivity (Wildman–Crippen MR) is 66.4 cm³/mol. The molecule has 1 fully saturated rings. The van der Waals surface area contributed by atoms with Crippen LogP contribution < -0.4 is 5.32 Å². The van der Waals surface area contributed by atoms with Crippen LogP contribution in [0.1, 0.15) is 23.6 Å². The normalized spacial score (nSPS) is 23.2. The minimum absolute atomic E-state index is 0.672. The van der Waals surface area contributed by atoms with E-state index in [0.717, 1.165) is 19.6 Å². The SMILES string of the molecule is CCc1ccc(CN2CCNCC2C)s1. The summed E-state index contributed by atoms with van der Waals surface area (Å²) < 4.78 is 0. The van der Waals surface area contributed by atoms with Crippen molar-refractivity contribution >= 4 is 11.3 Å². The lowest BCUT2D eigenvalue weighted by molar-refractivity contribution is 0.167. The summed E-state index contributed by atoms with van der Waals surface area (Å²) in [5.41, 5.74) is 0. The van der Waals surface area contributed by atoms with E-state index < -0.39 is 0 Å². The molecule has 1 aromatic rings. The number of aryl methyl sites for hydroxylation is 1. The number of nitrogens with one attached hydrogen (secondary N) is 1. The Balaban J connectivity index is 1.95. The molecule has 1 saturated heterocycles. The van der Waals surface area contributed by atoms with Crippen LogP contribution in [0.5, 0.6) is 0 Å². The van der Waals surface area contributed by atoms with E-state index in [9.17, 15) is 0 Å². The summed E-state index contributed by atoms with van der Waals surface area (Å²) in [5.74, 6) is 0. The van der Waals surface area contributed by atoms with Crippen LogP contribution in [0.25, 0.3) is 0 Å². The topological polar surface area (TPSA) is 15.3 Å². The second kappa shape index (κ2) is 5.10. The van der Waals surface area contributed by atoms with Crippen molar-refractivity contribution in [1.29, 1.82) is 0 Å². The highest BCUT2D eigenvalue weighted by molar-refractivity contribution is 7.11. The largest absolute Gasteiger partial charge is 0.314 e. The molecule has 0 aromatic carbocycles. The van der Waals surface area contributed by atoms with Gasteiger partial charge < -0.3 is 5.32 Å². The molecule has 1 aliphatic heterocycles. The minimum atomic E-state index is 0.672. The van der Waals surface area contributed by atoms with E-state index in [0.29, 0.717) is 6.04 Å². The minimum Gasteiger partial charge on any atom is -0.314 e. The molecule has 84 valence electrons. The van der Waals surface area contributed by atoms with Gasteiger partial charge in [0.25, 0.3) is 0 Å². The van der Waals surface area contributed by atoms with Crippen LogP contribution >= 0.6 is 11.3 Å². The van der Waals surface area contributed by atoms with Gasteiger partial charge in [-0.2, -0.15) is 0 Å². The van der Waals surface area contributed by atoms with Crippen LogP contribution in [-0.2, 0) is 13.0 Å². The first-order valence-corrected chi connectivity index (χ1v) is 6.63. The molecule has 2 rings (SSSR count). The third-order valence-electron chi connectivity index (χ3n) is 3.06. The Morgan fingerprint density at radius 1 is 1.47 bits per heavy atom. The maximum atomic E-state index is 3.43. The Morgan fingerprint density at radius 2 is 2.27 bits per heavy atom. The van der Waals surface area contributed by atoms with Gasteiger partial charge >= 0.3 is 0 Å². The predicted octanol–water partition coefficient (Wildman–Crippen LogP) is 2.10. The van der Waals surface area contributed by atoms with Gasteiger partial charge in [-0.1, -0.05) is 6.92 Å². The van der Waals surface area contributed by atoms with Crippen molar-refractivity contribution in [1.82, 2.24) is 10.2 Å². The summed E-state index contributed by atoms with van der Waals surface area (Å²) in [4.78, 5) is 5.59. The molecule has 0 aliphatic carbocycles. The van der Waals surface area contributed by atoms with Gasteiger partial charge in [-0.3, -0.25) is 4.90 Å². The molecule has 1 atom stereocenters. The maximum Gasteiger partial charge on any atom is 0.0331 e. The first-order chi connectivity index (χ1) is 7.29. The van der Waals surface area contributed by atoms with Gasteiger partial charge in [0.15, 0.2) is 0 Å². The highest BCUT2D eigenvalue weighted by atomic mass is 32.1. The lowest BCUT2D eigenvalue weighted by Crippen LogP contribution is -2.49. The van der Waals surface area contributed by atoms with E-state index in [2.05, 4.69) is 36.2 Å². The molecule has 0 amide bonds. The highest BCUT2D eigenvalue weighted by Crippen LogP contribution is 2.20. The molecule has 15 heavy (non-hydrogen) atoms. The number of hydrogen-bond donors (Lipinski definition) is 1. The quantitative estimate of drug-likeness (QED) is 0.846. The van der Waals surface area contributed by atoms with E-state index in [1.807, 2.05) is 11.3 Å². The van der Waals surface area contributed by atoms with Crippen LogP contribution in [-0.4, -0.2) is 30.6 Å². The van der Waals surface area contributed by atoms with Crippen molar-refractivity contribution in [3.05, 3.63) is 21.9 Å². The Kier molecular flexibility index (Phi) is 3.78. The van der Waals surface area contributed by atoms with Gasteiger partial charge in [-0.15, -0.1) is 11.3 Å². The van der Waals surface area contributed by atoms with Crippen molar-refractivity contribution in [2.45, 2.75) is 32.9 Å².